The molecule has 9 aromatic carbocycles. The average Bonchev–Trinajstić information content (AvgIpc) is 3.53. The molecule has 1 aliphatic rings. The smallest absolute Gasteiger partial charge is 1.00 e. The molecule has 1 aliphatic carbocycles. The second kappa shape index (κ2) is 21.3. The van der Waals surface area contributed by atoms with Gasteiger partial charge < -0.3 is 37.2 Å². The molecule has 1 unspecified atom stereocenters. The Hall–Kier alpha value is -5.74. The maximum Gasteiger partial charge on any atom is -1.00 e. The summed E-state index contributed by atoms with van der Waals surface area (Å²) in [6.45, 7) is 9.77. The average molecular weight is 990 g/mol. The summed E-state index contributed by atoms with van der Waals surface area (Å²) < 4.78 is 1.45. The van der Waals surface area contributed by atoms with Gasteiger partial charge in [-0.05, 0) is 0 Å². The van der Waals surface area contributed by atoms with Gasteiger partial charge in [0.2, 0.25) is 0 Å². The molecule has 1 atom stereocenters. The van der Waals surface area contributed by atoms with Crippen molar-refractivity contribution in [3.05, 3.63) is 257 Å². The molecule has 0 aliphatic heterocycles. The Morgan fingerprint density at radius 3 is 0.676 bits per heavy atom. The molecule has 332 valence electrons. The molecule has 0 radical (unpaired) electrons. The summed E-state index contributed by atoms with van der Waals surface area (Å²) in [7, 11) is -3.43. The number of halogens is 3. The van der Waals surface area contributed by atoms with E-state index in [1.165, 1.54) is 103 Å². The van der Waals surface area contributed by atoms with Crippen molar-refractivity contribution >= 4 is 23.6 Å². The maximum absolute atomic E-state index is 3.43. The molecule has 5 heteroatoms. The van der Waals surface area contributed by atoms with E-state index in [4.69, 9.17) is 0 Å². The van der Waals surface area contributed by atoms with Gasteiger partial charge in [0.05, 0.1) is 0 Å². The monoisotopic (exact) mass is 988 g/mol. The van der Waals surface area contributed by atoms with Crippen LogP contribution in [0.2, 0.25) is 5.04 Å². The van der Waals surface area contributed by atoms with Gasteiger partial charge in [-0.15, -0.1) is 0 Å². The van der Waals surface area contributed by atoms with Crippen LogP contribution in [0.3, 0.4) is 0 Å². The topological polar surface area (TPSA) is 0 Å². The zero-order valence-corrected chi connectivity index (χ0v) is 43.5. The molecule has 0 fully saturated rings. The van der Waals surface area contributed by atoms with E-state index in [9.17, 15) is 0 Å². The molecular formula is C63H51Cl3SiTi. The van der Waals surface area contributed by atoms with Gasteiger partial charge in [0.25, 0.3) is 0 Å². The van der Waals surface area contributed by atoms with Crippen LogP contribution in [0.4, 0.5) is 0 Å². The van der Waals surface area contributed by atoms with Crippen LogP contribution in [0.1, 0.15) is 27.7 Å². The quantitative estimate of drug-likeness (QED) is 0.115. The van der Waals surface area contributed by atoms with Gasteiger partial charge in [-0.25, -0.2) is 0 Å². The third-order valence-electron chi connectivity index (χ3n) is 14.2. The van der Waals surface area contributed by atoms with E-state index in [1.54, 1.807) is 0 Å². The second-order valence-corrected chi connectivity index (χ2v) is 22.7. The van der Waals surface area contributed by atoms with E-state index in [0.29, 0.717) is 0 Å². The Bertz CT molecular complexity index is 2720. The van der Waals surface area contributed by atoms with Crippen LogP contribution in [0.5, 0.6) is 0 Å². The van der Waals surface area contributed by atoms with Crippen LogP contribution in [-0.4, -0.2) is 8.07 Å². The van der Waals surface area contributed by atoms with Crippen LogP contribution in [0.25, 0.3) is 66.8 Å². The van der Waals surface area contributed by atoms with E-state index in [-0.39, 0.29) is 37.2 Å². The summed E-state index contributed by atoms with van der Waals surface area (Å²) in [5, 5.41) is 3.76. The van der Waals surface area contributed by atoms with Crippen LogP contribution in [0.15, 0.2) is 257 Å². The zero-order valence-electron chi connectivity index (χ0n) is 38.7. The van der Waals surface area contributed by atoms with Gasteiger partial charge in [0.15, 0.2) is 0 Å². The van der Waals surface area contributed by atoms with Crippen molar-refractivity contribution in [1.82, 2.24) is 0 Å². The van der Waals surface area contributed by atoms with E-state index in [2.05, 4.69) is 285 Å². The third-order valence-corrected chi connectivity index (χ3v) is 21.6. The molecule has 68 heavy (non-hydrogen) atoms. The fraction of sp³-hybridized carbons (Fsp3) is 0.0794. The van der Waals surface area contributed by atoms with Gasteiger partial charge in [0, 0.05) is 0 Å². The summed E-state index contributed by atoms with van der Waals surface area (Å²) in [5.41, 5.74) is 18.9. The van der Waals surface area contributed by atoms with E-state index in [0.717, 1.165) is 0 Å². The third kappa shape index (κ3) is 9.01. The normalized spacial score (nSPS) is 14.4. The molecule has 0 bridgehead atoms. The molecule has 0 N–H and O–H groups in total. The Morgan fingerprint density at radius 1 is 0.294 bits per heavy atom. The van der Waals surface area contributed by atoms with Crippen molar-refractivity contribution in [1.29, 1.82) is 0 Å². The SMILES string of the molecule is CC1=C(C)C(C)([Si](c2cc(-c3ccccc3)cc(-c3ccccc3)c2)(c2cc(-c3ccccc3)cc(-c3ccccc3)c2)c2cc(-c3ccccc3)cc(-c3ccccc3)c2)[C]([Ti+3])=C1C.[Cl-].[Cl-].[Cl-]. The minimum Gasteiger partial charge on any atom is -1.00 e. The maximum atomic E-state index is 2.61. The largest absolute Gasteiger partial charge is 1.00 e. The first-order valence-corrected chi connectivity index (χ1v) is 25.4. The summed E-state index contributed by atoms with van der Waals surface area (Å²) in [6.07, 6.45) is 0. The Morgan fingerprint density at radius 2 is 0.500 bits per heavy atom. The predicted octanol–water partition coefficient (Wildman–Crippen LogP) is 6.10. The fourth-order valence-corrected chi connectivity index (χ4v) is 18.3. The molecule has 9 aromatic rings. The Labute approximate surface area is 434 Å². The first kappa shape index (κ1) is 50.1. The van der Waals surface area contributed by atoms with Crippen LogP contribution in [-0.2, 0) is 20.4 Å². The predicted molar refractivity (Wildman–Crippen MR) is 276 cm³/mol. The van der Waals surface area contributed by atoms with E-state index >= 15 is 0 Å². The second-order valence-electron chi connectivity index (χ2n) is 17.7. The first-order valence-electron chi connectivity index (χ1n) is 22.7. The first-order chi connectivity index (χ1) is 31.8. The molecule has 0 nitrogen and oxygen atoms in total. The Kier molecular flexibility index (Phi) is 15.7. The van der Waals surface area contributed by atoms with Crippen LogP contribution >= 0.6 is 0 Å². The fourth-order valence-electron chi connectivity index (χ4n) is 10.6. The molecule has 0 spiro atoms. The number of hydrogen-bond donors (Lipinski definition) is 0. The van der Waals surface area contributed by atoms with Crippen molar-refractivity contribution in [2.75, 3.05) is 0 Å². The molecular weight excluding hydrogens is 939 g/mol. The van der Waals surface area contributed by atoms with Gasteiger partial charge in [-0.1, -0.05) is 0 Å². The van der Waals surface area contributed by atoms with Crippen LogP contribution in [0, 0.1) is 0 Å². The van der Waals surface area contributed by atoms with Gasteiger partial charge in [0.1, 0.15) is 0 Å². The number of rotatable bonds is 10. The molecule has 0 aromatic heterocycles. The minimum atomic E-state index is -3.43. The summed E-state index contributed by atoms with van der Waals surface area (Å²) in [4.78, 5) is 0. The molecule has 0 heterocycles. The molecule has 0 saturated carbocycles. The Balaban J connectivity index is 0.00000228. The van der Waals surface area contributed by atoms with Gasteiger partial charge >= 0.3 is 401 Å². The number of hydrogen-bond acceptors (Lipinski definition) is 0. The molecule has 0 saturated heterocycles. The summed E-state index contributed by atoms with van der Waals surface area (Å²) in [6, 6.07) is 88.8. The van der Waals surface area contributed by atoms with Crippen LogP contribution < -0.4 is 52.8 Å². The van der Waals surface area contributed by atoms with E-state index in [1.807, 2.05) is 0 Å². The van der Waals surface area contributed by atoms with Crippen molar-refractivity contribution in [2.45, 2.75) is 32.7 Å². The van der Waals surface area contributed by atoms with Gasteiger partial charge in [-0.3, -0.25) is 0 Å². The van der Waals surface area contributed by atoms with Crippen molar-refractivity contribution in [3.63, 3.8) is 0 Å². The number of benzene rings is 9. The number of allylic oxidation sites excluding steroid dienone is 4. The summed E-state index contributed by atoms with van der Waals surface area (Å²) >= 11 is 2.44. The molecule has 0 amide bonds. The molecule has 10 rings (SSSR count). The van der Waals surface area contributed by atoms with Crippen molar-refractivity contribution < 1.29 is 57.7 Å². The van der Waals surface area contributed by atoms with E-state index < -0.39 is 13.1 Å². The minimum absolute atomic E-state index is 0. The van der Waals surface area contributed by atoms with Gasteiger partial charge in [-0.2, -0.15) is 0 Å². The zero-order chi connectivity index (χ0) is 44.5. The summed E-state index contributed by atoms with van der Waals surface area (Å²) in [5.74, 6) is 0. The van der Waals surface area contributed by atoms with Crippen molar-refractivity contribution in [2.24, 2.45) is 0 Å². The standard InChI is InChI=1S/C63H51Si.3ClH.Ti/c1-45-44-63(4,47(3)46(45)2)64(60-38-54(48-23-11-5-12-24-48)35-55(39-60)49-25-13-6-14-26-49,61-40-56(50-27-15-7-16-28-50)36-57(41-61)51-29-17-8-18-30-51)62-42-58(52-31-19-9-20-32-52)37-59(43-62)53-33-21-10-22-34-53;;;;/h5-43H,1-4H3;3*1H;/q;;;;+3/p-3. The van der Waals surface area contributed by atoms with Crippen molar-refractivity contribution in [3.8, 4) is 66.8 Å².